The van der Waals surface area contributed by atoms with Crippen LogP contribution in [0, 0.1) is 0 Å². The topological polar surface area (TPSA) is 61.8 Å². The van der Waals surface area contributed by atoms with Crippen molar-refractivity contribution in [3.05, 3.63) is 60.2 Å². The minimum atomic E-state index is -0.475. The van der Waals surface area contributed by atoms with E-state index in [1.165, 1.54) is 0 Å². The lowest BCUT2D eigenvalue weighted by molar-refractivity contribution is -0.134. The molecule has 0 saturated carbocycles. The molecule has 0 fully saturated rings. The predicted octanol–water partition coefficient (Wildman–Crippen LogP) is 4.30. The van der Waals surface area contributed by atoms with Crippen molar-refractivity contribution in [2.24, 2.45) is 0 Å². The number of rotatable bonds is 7. The van der Waals surface area contributed by atoms with Gasteiger partial charge in [-0.1, -0.05) is 31.7 Å². The first kappa shape index (κ1) is 19.4. The van der Waals surface area contributed by atoms with E-state index < -0.39 is 5.97 Å². The second-order valence-electron chi connectivity index (χ2n) is 5.78. The van der Waals surface area contributed by atoms with Crippen LogP contribution in [0.4, 0.5) is 0 Å². The zero-order chi connectivity index (χ0) is 19.1. The van der Waals surface area contributed by atoms with Crippen molar-refractivity contribution in [2.45, 2.75) is 26.9 Å². The largest absolute Gasteiger partial charge is 0.427 e. The zero-order valence-corrected chi connectivity index (χ0v) is 15.2. The summed E-state index contributed by atoms with van der Waals surface area (Å²) < 4.78 is 15.7. The minimum Gasteiger partial charge on any atom is -0.427 e. The first-order valence-corrected chi connectivity index (χ1v) is 8.25. The van der Waals surface area contributed by atoms with Crippen LogP contribution in [0.15, 0.2) is 54.6 Å². The minimum absolute atomic E-state index is 0.274. The van der Waals surface area contributed by atoms with E-state index in [9.17, 15) is 9.59 Å². The van der Waals surface area contributed by atoms with Crippen molar-refractivity contribution in [2.75, 3.05) is 7.11 Å². The molecule has 2 aromatic rings. The summed E-state index contributed by atoms with van der Waals surface area (Å²) in [5.74, 6) is 0.197. The van der Waals surface area contributed by atoms with Gasteiger partial charge >= 0.3 is 11.9 Å². The predicted molar refractivity (Wildman–Crippen MR) is 99.0 cm³/mol. The second-order valence-corrected chi connectivity index (χ2v) is 5.78. The van der Waals surface area contributed by atoms with Gasteiger partial charge in [-0.3, -0.25) is 4.79 Å². The Balaban J connectivity index is 2.26. The number of hydrogen-bond donors (Lipinski definition) is 0. The molecule has 0 spiro atoms. The molecule has 0 aromatic heterocycles. The highest BCUT2D eigenvalue weighted by atomic mass is 16.5. The van der Waals surface area contributed by atoms with Gasteiger partial charge in [0.15, 0.2) is 0 Å². The SMILES string of the molecule is C=C(C)C(=O)Oc1ccc(-c2ccc(OC(=O)CC)cc2)cc1COC. The van der Waals surface area contributed by atoms with Crippen LogP contribution in [0.1, 0.15) is 25.8 Å². The molecule has 0 atom stereocenters. The Labute approximate surface area is 153 Å². The van der Waals surface area contributed by atoms with E-state index in [0.29, 0.717) is 30.1 Å². The Kier molecular flexibility index (Phi) is 6.69. The quantitative estimate of drug-likeness (QED) is 0.421. The Morgan fingerprint density at radius 3 is 2.23 bits per heavy atom. The van der Waals surface area contributed by atoms with Gasteiger partial charge in [-0.15, -0.1) is 0 Å². The molecule has 5 heteroatoms. The van der Waals surface area contributed by atoms with E-state index in [2.05, 4.69) is 6.58 Å². The molecule has 2 aromatic carbocycles. The number of esters is 2. The van der Waals surface area contributed by atoms with E-state index in [0.717, 1.165) is 16.7 Å². The van der Waals surface area contributed by atoms with Crippen LogP contribution in [0.2, 0.25) is 0 Å². The summed E-state index contributed by atoms with van der Waals surface area (Å²) >= 11 is 0. The van der Waals surface area contributed by atoms with Crippen LogP contribution in [0.25, 0.3) is 11.1 Å². The molecule has 0 heterocycles. The third-order valence-corrected chi connectivity index (χ3v) is 3.62. The molecule has 0 unspecified atom stereocenters. The van der Waals surface area contributed by atoms with Gasteiger partial charge in [-0.2, -0.15) is 0 Å². The van der Waals surface area contributed by atoms with Crippen LogP contribution in [0.5, 0.6) is 11.5 Å². The Hall–Kier alpha value is -2.92. The fraction of sp³-hybridized carbons (Fsp3) is 0.238. The lowest BCUT2D eigenvalue weighted by Gasteiger charge is -2.12. The van der Waals surface area contributed by atoms with E-state index in [-0.39, 0.29) is 5.97 Å². The Morgan fingerprint density at radius 2 is 1.65 bits per heavy atom. The van der Waals surface area contributed by atoms with Gasteiger partial charge < -0.3 is 14.2 Å². The van der Waals surface area contributed by atoms with E-state index in [4.69, 9.17) is 14.2 Å². The summed E-state index contributed by atoms with van der Waals surface area (Å²) in [6.07, 6.45) is 0.326. The van der Waals surface area contributed by atoms with Crippen molar-refractivity contribution < 1.29 is 23.8 Å². The highest BCUT2D eigenvalue weighted by Crippen LogP contribution is 2.29. The molecule has 0 aliphatic rings. The zero-order valence-electron chi connectivity index (χ0n) is 15.2. The third-order valence-electron chi connectivity index (χ3n) is 3.62. The van der Waals surface area contributed by atoms with Gasteiger partial charge in [0.1, 0.15) is 11.5 Å². The fourth-order valence-electron chi connectivity index (χ4n) is 2.23. The summed E-state index contributed by atoms with van der Waals surface area (Å²) in [7, 11) is 1.58. The average molecular weight is 354 g/mol. The van der Waals surface area contributed by atoms with Crippen molar-refractivity contribution in [3.8, 4) is 22.6 Å². The number of benzene rings is 2. The highest BCUT2D eigenvalue weighted by molar-refractivity contribution is 5.89. The van der Waals surface area contributed by atoms with Gasteiger partial charge in [0, 0.05) is 24.7 Å². The van der Waals surface area contributed by atoms with Crippen molar-refractivity contribution in [1.29, 1.82) is 0 Å². The number of hydrogen-bond acceptors (Lipinski definition) is 5. The molecule has 0 amide bonds. The summed E-state index contributed by atoms with van der Waals surface area (Å²) in [4.78, 5) is 23.1. The monoisotopic (exact) mass is 354 g/mol. The van der Waals surface area contributed by atoms with Crippen LogP contribution in [-0.2, 0) is 20.9 Å². The van der Waals surface area contributed by atoms with Gasteiger partial charge in [0.05, 0.1) is 6.61 Å². The summed E-state index contributed by atoms with van der Waals surface area (Å²) in [6, 6.07) is 12.7. The van der Waals surface area contributed by atoms with Crippen LogP contribution >= 0.6 is 0 Å². The number of carbonyl (C=O) groups excluding carboxylic acids is 2. The van der Waals surface area contributed by atoms with Crippen molar-refractivity contribution >= 4 is 11.9 Å². The maximum atomic E-state index is 11.8. The third kappa shape index (κ3) is 5.04. The van der Waals surface area contributed by atoms with Crippen molar-refractivity contribution in [1.82, 2.24) is 0 Å². The molecule has 0 N–H and O–H groups in total. The Bertz CT molecular complexity index is 806. The first-order valence-electron chi connectivity index (χ1n) is 8.25. The van der Waals surface area contributed by atoms with Crippen LogP contribution in [-0.4, -0.2) is 19.0 Å². The molecule has 0 aliphatic carbocycles. The van der Waals surface area contributed by atoms with Crippen molar-refractivity contribution in [3.63, 3.8) is 0 Å². The lowest BCUT2D eigenvalue weighted by Crippen LogP contribution is -2.10. The normalized spacial score (nSPS) is 10.3. The van der Waals surface area contributed by atoms with E-state index in [1.807, 2.05) is 24.3 Å². The lowest BCUT2D eigenvalue weighted by atomic mass is 10.0. The molecule has 0 radical (unpaired) electrons. The highest BCUT2D eigenvalue weighted by Gasteiger charge is 2.12. The molecule has 136 valence electrons. The summed E-state index contributed by atoms with van der Waals surface area (Å²) in [5, 5.41) is 0. The molecule has 5 nitrogen and oxygen atoms in total. The van der Waals surface area contributed by atoms with E-state index >= 15 is 0 Å². The van der Waals surface area contributed by atoms with Crippen LogP contribution in [0.3, 0.4) is 0 Å². The van der Waals surface area contributed by atoms with Gasteiger partial charge in [-0.25, -0.2) is 4.79 Å². The smallest absolute Gasteiger partial charge is 0.338 e. The molecular weight excluding hydrogens is 332 g/mol. The summed E-state index contributed by atoms with van der Waals surface area (Å²) in [6.45, 7) is 7.23. The molecule has 2 rings (SSSR count). The maximum Gasteiger partial charge on any atom is 0.338 e. The van der Waals surface area contributed by atoms with Gasteiger partial charge in [-0.05, 0) is 42.3 Å². The second kappa shape index (κ2) is 8.97. The Morgan fingerprint density at radius 1 is 1.00 bits per heavy atom. The van der Waals surface area contributed by atoms with E-state index in [1.54, 1.807) is 39.2 Å². The molecule has 0 saturated heterocycles. The van der Waals surface area contributed by atoms with Crippen LogP contribution < -0.4 is 9.47 Å². The molecule has 26 heavy (non-hydrogen) atoms. The molecule has 0 aliphatic heterocycles. The maximum absolute atomic E-state index is 11.8. The standard InChI is InChI=1S/C21H22O5/c1-5-20(22)25-18-9-6-15(7-10-18)16-8-11-19(17(12-16)13-24-4)26-21(23)14(2)3/h6-12H,2,5,13H2,1,3-4H3. The van der Waals surface area contributed by atoms with Gasteiger partial charge in [0.2, 0.25) is 0 Å². The first-order chi connectivity index (χ1) is 12.4. The number of ether oxygens (including phenoxy) is 3. The van der Waals surface area contributed by atoms with Gasteiger partial charge in [0.25, 0.3) is 0 Å². The fourth-order valence-corrected chi connectivity index (χ4v) is 2.23. The molecule has 0 bridgehead atoms. The average Bonchev–Trinajstić information content (AvgIpc) is 2.63. The molecular formula is C21H22O5. The summed E-state index contributed by atoms with van der Waals surface area (Å²) in [5.41, 5.74) is 2.95. The number of carbonyl (C=O) groups is 2. The number of methoxy groups -OCH3 is 1.